The van der Waals surface area contributed by atoms with Crippen LogP contribution in [0.1, 0.15) is 36.2 Å². The van der Waals surface area contributed by atoms with E-state index < -0.39 is 0 Å². The minimum Gasteiger partial charge on any atom is -0.459 e. The Bertz CT molecular complexity index is 450. The molecule has 0 aliphatic heterocycles. The summed E-state index contributed by atoms with van der Waals surface area (Å²) in [5.74, 6) is -0.279. The van der Waals surface area contributed by atoms with Gasteiger partial charge < -0.3 is 19.7 Å². The average molecular weight is 280 g/mol. The lowest BCUT2D eigenvalue weighted by molar-refractivity contribution is -0.122. The molecule has 0 atom stereocenters. The lowest BCUT2D eigenvalue weighted by Crippen LogP contribution is -2.44. The number of rotatable bonds is 4. The van der Waals surface area contributed by atoms with Gasteiger partial charge in [0.2, 0.25) is 5.91 Å². The number of aliphatic hydroxyl groups excluding tert-OH is 1. The van der Waals surface area contributed by atoms with E-state index in [-0.39, 0.29) is 36.3 Å². The van der Waals surface area contributed by atoms with Crippen LogP contribution in [0.15, 0.2) is 22.8 Å². The molecule has 0 radical (unpaired) electrons. The Kier molecular flexibility index (Phi) is 4.79. The van der Waals surface area contributed by atoms with Crippen LogP contribution in [-0.4, -0.2) is 47.6 Å². The fourth-order valence-electron chi connectivity index (χ4n) is 2.37. The van der Waals surface area contributed by atoms with Gasteiger partial charge in [-0.2, -0.15) is 0 Å². The summed E-state index contributed by atoms with van der Waals surface area (Å²) in [5, 5.41) is 12.3. The molecule has 20 heavy (non-hydrogen) atoms. The maximum Gasteiger partial charge on any atom is 0.289 e. The first-order chi connectivity index (χ1) is 9.56. The number of nitrogens with zero attached hydrogens (tertiary/aromatic N) is 1. The topological polar surface area (TPSA) is 82.8 Å². The third kappa shape index (κ3) is 3.84. The average Bonchev–Trinajstić information content (AvgIpc) is 2.94. The molecule has 0 spiro atoms. The van der Waals surface area contributed by atoms with E-state index in [0.717, 1.165) is 12.8 Å². The Labute approximate surface area is 117 Å². The maximum atomic E-state index is 11.9. The second-order valence-corrected chi connectivity index (χ2v) is 5.21. The second-order valence-electron chi connectivity index (χ2n) is 5.21. The summed E-state index contributed by atoms with van der Waals surface area (Å²) < 4.78 is 5.01. The Balaban J connectivity index is 1.78. The molecule has 1 aliphatic rings. The van der Waals surface area contributed by atoms with Gasteiger partial charge in [0.05, 0.1) is 18.9 Å². The Morgan fingerprint density at radius 2 is 2.10 bits per heavy atom. The molecule has 2 rings (SSSR count). The highest BCUT2D eigenvalue weighted by molar-refractivity contribution is 5.94. The fourth-order valence-corrected chi connectivity index (χ4v) is 2.37. The van der Waals surface area contributed by atoms with Crippen molar-refractivity contribution in [3.63, 3.8) is 0 Å². The molecule has 1 heterocycles. The van der Waals surface area contributed by atoms with Crippen molar-refractivity contribution in [3.05, 3.63) is 24.2 Å². The number of carbonyl (C=O) groups is 2. The van der Waals surface area contributed by atoms with Gasteiger partial charge in [-0.1, -0.05) is 0 Å². The van der Waals surface area contributed by atoms with E-state index in [1.54, 1.807) is 19.2 Å². The van der Waals surface area contributed by atoms with Gasteiger partial charge in [-0.15, -0.1) is 0 Å². The van der Waals surface area contributed by atoms with Crippen molar-refractivity contribution in [2.75, 3.05) is 13.6 Å². The molecule has 0 unspecified atom stereocenters. The molecule has 110 valence electrons. The normalized spacial score (nSPS) is 22.3. The SMILES string of the molecule is CN(CC(=O)NC1CCC(O)CC1)C(=O)c1ccco1. The zero-order valence-corrected chi connectivity index (χ0v) is 11.5. The van der Waals surface area contributed by atoms with Crippen LogP contribution in [0.2, 0.25) is 0 Å². The zero-order chi connectivity index (χ0) is 14.5. The van der Waals surface area contributed by atoms with Gasteiger partial charge in [-0.3, -0.25) is 9.59 Å². The number of nitrogens with one attached hydrogen (secondary N) is 1. The molecule has 0 bridgehead atoms. The van der Waals surface area contributed by atoms with E-state index >= 15 is 0 Å². The van der Waals surface area contributed by atoms with E-state index in [2.05, 4.69) is 5.32 Å². The van der Waals surface area contributed by atoms with Crippen LogP contribution in [0.3, 0.4) is 0 Å². The molecule has 1 aromatic heterocycles. The van der Waals surface area contributed by atoms with Crippen LogP contribution in [0, 0.1) is 0 Å². The fraction of sp³-hybridized carbons (Fsp3) is 0.571. The van der Waals surface area contributed by atoms with Crippen molar-refractivity contribution in [2.45, 2.75) is 37.8 Å². The van der Waals surface area contributed by atoms with Crippen molar-refractivity contribution in [1.29, 1.82) is 0 Å². The molecular formula is C14H20N2O4. The quantitative estimate of drug-likeness (QED) is 0.853. The molecule has 2 N–H and O–H groups in total. The molecular weight excluding hydrogens is 260 g/mol. The molecule has 1 aliphatic carbocycles. The highest BCUT2D eigenvalue weighted by Crippen LogP contribution is 2.18. The standard InChI is InChI=1S/C14H20N2O4/c1-16(14(19)12-3-2-8-20-12)9-13(18)15-10-4-6-11(17)7-5-10/h2-3,8,10-11,17H,4-7,9H2,1H3,(H,15,18). The van der Waals surface area contributed by atoms with Crippen molar-refractivity contribution >= 4 is 11.8 Å². The van der Waals surface area contributed by atoms with Gasteiger partial charge in [-0.25, -0.2) is 0 Å². The number of likely N-dealkylation sites (N-methyl/N-ethyl adjacent to an activating group) is 1. The molecule has 0 aromatic carbocycles. The van der Waals surface area contributed by atoms with E-state index in [4.69, 9.17) is 4.42 Å². The smallest absolute Gasteiger partial charge is 0.289 e. The van der Waals surface area contributed by atoms with Crippen LogP contribution in [-0.2, 0) is 4.79 Å². The maximum absolute atomic E-state index is 11.9. The van der Waals surface area contributed by atoms with Crippen LogP contribution in [0.4, 0.5) is 0 Å². The Hall–Kier alpha value is -1.82. The number of aliphatic hydroxyl groups is 1. The molecule has 1 fully saturated rings. The molecule has 6 heteroatoms. The van der Waals surface area contributed by atoms with Gasteiger partial charge in [-0.05, 0) is 37.8 Å². The summed E-state index contributed by atoms with van der Waals surface area (Å²) in [6.45, 7) is -0.00140. The molecule has 1 saturated carbocycles. The monoisotopic (exact) mass is 280 g/mol. The second kappa shape index (κ2) is 6.56. The van der Waals surface area contributed by atoms with Crippen molar-refractivity contribution < 1.29 is 19.1 Å². The Morgan fingerprint density at radius 3 is 2.70 bits per heavy atom. The van der Waals surface area contributed by atoms with Crippen molar-refractivity contribution in [1.82, 2.24) is 10.2 Å². The number of hydrogen-bond acceptors (Lipinski definition) is 4. The van der Waals surface area contributed by atoms with E-state index in [1.807, 2.05) is 0 Å². The number of hydrogen-bond donors (Lipinski definition) is 2. The summed E-state index contributed by atoms with van der Waals surface area (Å²) in [5.41, 5.74) is 0. The van der Waals surface area contributed by atoms with Crippen molar-refractivity contribution in [2.24, 2.45) is 0 Å². The number of carbonyl (C=O) groups excluding carboxylic acids is 2. The minimum absolute atomic E-state index is 0.00140. The summed E-state index contributed by atoms with van der Waals surface area (Å²) in [7, 11) is 1.56. The number of amides is 2. The van der Waals surface area contributed by atoms with Crippen LogP contribution in [0.25, 0.3) is 0 Å². The largest absolute Gasteiger partial charge is 0.459 e. The first-order valence-corrected chi connectivity index (χ1v) is 6.82. The summed E-state index contributed by atoms with van der Waals surface area (Å²) in [6.07, 6.45) is 4.17. The van der Waals surface area contributed by atoms with Gasteiger partial charge in [0.25, 0.3) is 5.91 Å². The summed E-state index contributed by atoms with van der Waals surface area (Å²) in [4.78, 5) is 25.1. The van der Waals surface area contributed by atoms with Crippen LogP contribution < -0.4 is 5.32 Å². The first-order valence-electron chi connectivity index (χ1n) is 6.82. The summed E-state index contributed by atoms with van der Waals surface area (Å²) in [6, 6.07) is 3.30. The Morgan fingerprint density at radius 1 is 1.40 bits per heavy atom. The lowest BCUT2D eigenvalue weighted by atomic mass is 9.93. The predicted octanol–water partition coefficient (Wildman–Crippen LogP) is 0.771. The predicted molar refractivity (Wildman–Crippen MR) is 72.1 cm³/mol. The van der Waals surface area contributed by atoms with Crippen molar-refractivity contribution in [3.8, 4) is 0 Å². The van der Waals surface area contributed by atoms with Gasteiger partial charge >= 0.3 is 0 Å². The highest BCUT2D eigenvalue weighted by Gasteiger charge is 2.22. The van der Waals surface area contributed by atoms with Gasteiger partial charge in [0, 0.05) is 13.1 Å². The number of furan rings is 1. The van der Waals surface area contributed by atoms with E-state index in [1.165, 1.54) is 11.2 Å². The van der Waals surface area contributed by atoms with Gasteiger partial charge in [0.1, 0.15) is 0 Å². The molecule has 1 aromatic rings. The zero-order valence-electron chi connectivity index (χ0n) is 11.5. The molecule has 6 nitrogen and oxygen atoms in total. The van der Waals surface area contributed by atoms with E-state index in [9.17, 15) is 14.7 Å². The van der Waals surface area contributed by atoms with Crippen LogP contribution >= 0.6 is 0 Å². The molecule has 0 saturated heterocycles. The van der Waals surface area contributed by atoms with Crippen LogP contribution in [0.5, 0.6) is 0 Å². The highest BCUT2D eigenvalue weighted by atomic mass is 16.3. The minimum atomic E-state index is -0.316. The third-order valence-corrected chi connectivity index (χ3v) is 3.52. The molecule has 2 amide bonds. The lowest BCUT2D eigenvalue weighted by Gasteiger charge is -2.27. The van der Waals surface area contributed by atoms with Gasteiger partial charge in [0.15, 0.2) is 5.76 Å². The summed E-state index contributed by atoms with van der Waals surface area (Å²) >= 11 is 0. The first kappa shape index (κ1) is 14.6. The third-order valence-electron chi connectivity index (χ3n) is 3.52. The van der Waals surface area contributed by atoms with E-state index in [0.29, 0.717) is 12.8 Å².